The van der Waals surface area contributed by atoms with Gasteiger partial charge in [0.25, 0.3) is 0 Å². The number of para-hydroxylation sites is 2. The smallest absolute Gasteiger partial charge is 0.106 e. The van der Waals surface area contributed by atoms with Crippen LogP contribution in [-0.4, -0.2) is 9.55 Å². The largest absolute Gasteiger partial charge is 0.328 e. The Balaban J connectivity index is 1.73. The lowest BCUT2D eigenvalue weighted by molar-refractivity contribution is 0.641. The number of benzene rings is 2. The van der Waals surface area contributed by atoms with Gasteiger partial charge in [0.1, 0.15) is 5.82 Å². The molecule has 3 aromatic rings. The number of aryl methyl sites for hydroxylation is 3. The van der Waals surface area contributed by atoms with Crippen molar-refractivity contribution >= 4 is 11.0 Å². The number of nitrogens with zero attached hydrogens (tertiary/aromatic N) is 2. The second kappa shape index (κ2) is 5.27. The van der Waals surface area contributed by atoms with Crippen molar-refractivity contribution in [1.82, 2.24) is 9.55 Å². The summed E-state index contributed by atoms with van der Waals surface area (Å²) >= 11 is 0. The molecule has 0 unspecified atom stereocenters. The molecule has 0 spiro atoms. The maximum Gasteiger partial charge on any atom is 0.106 e. The van der Waals surface area contributed by atoms with E-state index in [2.05, 4.69) is 65.0 Å². The highest BCUT2D eigenvalue weighted by Crippen LogP contribution is 2.16. The van der Waals surface area contributed by atoms with Crippen molar-refractivity contribution in [3.8, 4) is 0 Å². The maximum atomic E-state index is 4.60. The van der Waals surface area contributed by atoms with E-state index in [9.17, 15) is 0 Å². The number of imidazole rings is 1. The summed E-state index contributed by atoms with van der Waals surface area (Å²) in [6.07, 6.45) is 2.26. The van der Waals surface area contributed by atoms with Crippen LogP contribution in [0.1, 0.15) is 17.8 Å². The molecule has 2 heteroatoms. The quantitative estimate of drug-likeness (QED) is 0.685. The molecular formula is C17H18N2. The van der Waals surface area contributed by atoms with E-state index < -0.39 is 0 Å². The van der Waals surface area contributed by atoms with E-state index in [-0.39, 0.29) is 0 Å². The minimum absolute atomic E-state index is 1.03. The first-order chi connectivity index (χ1) is 9.34. The number of fused-ring (bicyclic) bond motifs is 1. The molecule has 0 fully saturated rings. The Labute approximate surface area is 113 Å². The van der Waals surface area contributed by atoms with E-state index >= 15 is 0 Å². The minimum atomic E-state index is 1.03. The molecular weight excluding hydrogens is 232 g/mol. The topological polar surface area (TPSA) is 17.8 Å². The zero-order valence-corrected chi connectivity index (χ0v) is 11.2. The second-order valence-corrected chi connectivity index (χ2v) is 4.89. The normalized spacial score (nSPS) is 11.0. The molecule has 0 radical (unpaired) electrons. The molecule has 0 saturated heterocycles. The molecule has 2 nitrogen and oxygen atoms in total. The Hall–Kier alpha value is -2.09. The molecule has 2 aromatic carbocycles. The molecule has 0 atom stereocenters. The summed E-state index contributed by atoms with van der Waals surface area (Å²) in [5.41, 5.74) is 3.75. The summed E-state index contributed by atoms with van der Waals surface area (Å²) in [6.45, 7) is 3.11. The lowest BCUT2D eigenvalue weighted by Gasteiger charge is -2.07. The van der Waals surface area contributed by atoms with Gasteiger partial charge in [-0.2, -0.15) is 0 Å². The average Bonchev–Trinajstić information content (AvgIpc) is 2.76. The first kappa shape index (κ1) is 12.0. The third kappa shape index (κ3) is 2.53. The number of aromatic nitrogens is 2. The van der Waals surface area contributed by atoms with Gasteiger partial charge in [0, 0.05) is 6.54 Å². The van der Waals surface area contributed by atoms with Crippen LogP contribution in [0.4, 0.5) is 0 Å². The van der Waals surface area contributed by atoms with Gasteiger partial charge in [-0.1, -0.05) is 42.5 Å². The van der Waals surface area contributed by atoms with Gasteiger partial charge in [-0.05, 0) is 37.5 Å². The summed E-state index contributed by atoms with van der Waals surface area (Å²) in [4.78, 5) is 4.60. The van der Waals surface area contributed by atoms with Crippen molar-refractivity contribution in [3.05, 3.63) is 66.0 Å². The fourth-order valence-corrected chi connectivity index (χ4v) is 2.56. The van der Waals surface area contributed by atoms with Gasteiger partial charge in [0.2, 0.25) is 0 Å². The SMILES string of the molecule is Cc1nc2ccccc2n1CCCc1ccccc1. The summed E-state index contributed by atoms with van der Waals surface area (Å²) in [5, 5.41) is 0. The van der Waals surface area contributed by atoms with Gasteiger partial charge in [0.05, 0.1) is 11.0 Å². The Morgan fingerprint density at radius 2 is 1.68 bits per heavy atom. The highest BCUT2D eigenvalue weighted by molar-refractivity contribution is 5.75. The molecule has 0 saturated carbocycles. The summed E-state index contributed by atoms with van der Waals surface area (Å²) in [5.74, 6) is 1.11. The lowest BCUT2D eigenvalue weighted by Crippen LogP contribution is -2.01. The Morgan fingerprint density at radius 3 is 2.53 bits per heavy atom. The van der Waals surface area contributed by atoms with Gasteiger partial charge in [-0.25, -0.2) is 4.98 Å². The van der Waals surface area contributed by atoms with Crippen LogP contribution in [0.25, 0.3) is 11.0 Å². The standard InChI is InChI=1S/C17H18N2/c1-14-18-16-11-5-6-12-17(16)19(14)13-7-10-15-8-3-2-4-9-15/h2-6,8-9,11-12H,7,10,13H2,1H3. The maximum absolute atomic E-state index is 4.60. The fraction of sp³-hybridized carbons (Fsp3) is 0.235. The highest BCUT2D eigenvalue weighted by atomic mass is 15.1. The molecule has 0 bridgehead atoms. The van der Waals surface area contributed by atoms with E-state index in [0.29, 0.717) is 0 Å². The van der Waals surface area contributed by atoms with Gasteiger partial charge >= 0.3 is 0 Å². The monoisotopic (exact) mass is 250 g/mol. The van der Waals surface area contributed by atoms with Gasteiger partial charge in [0.15, 0.2) is 0 Å². The van der Waals surface area contributed by atoms with E-state index in [1.54, 1.807) is 0 Å². The molecule has 0 N–H and O–H groups in total. The highest BCUT2D eigenvalue weighted by Gasteiger charge is 2.05. The first-order valence-electron chi connectivity index (χ1n) is 6.80. The lowest BCUT2D eigenvalue weighted by atomic mass is 10.1. The molecule has 0 aliphatic carbocycles. The average molecular weight is 250 g/mol. The van der Waals surface area contributed by atoms with Crippen LogP contribution in [0.2, 0.25) is 0 Å². The Kier molecular flexibility index (Phi) is 3.32. The van der Waals surface area contributed by atoms with Crippen LogP contribution in [0.3, 0.4) is 0 Å². The van der Waals surface area contributed by atoms with E-state index in [0.717, 1.165) is 30.7 Å². The van der Waals surface area contributed by atoms with E-state index in [4.69, 9.17) is 0 Å². The molecule has 19 heavy (non-hydrogen) atoms. The van der Waals surface area contributed by atoms with Crippen molar-refractivity contribution in [2.75, 3.05) is 0 Å². The zero-order chi connectivity index (χ0) is 13.1. The molecule has 96 valence electrons. The third-order valence-electron chi connectivity index (χ3n) is 3.54. The molecule has 1 aromatic heterocycles. The minimum Gasteiger partial charge on any atom is -0.328 e. The first-order valence-corrected chi connectivity index (χ1v) is 6.80. The molecule has 3 rings (SSSR count). The summed E-state index contributed by atoms with van der Waals surface area (Å²) < 4.78 is 2.32. The molecule has 0 aliphatic rings. The van der Waals surface area contributed by atoms with Crippen molar-refractivity contribution in [1.29, 1.82) is 0 Å². The van der Waals surface area contributed by atoms with Crippen molar-refractivity contribution < 1.29 is 0 Å². The Morgan fingerprint density at radius 1 is 0.947 bits per heavy atom. The number of hydrogen-bond donors (Lipinski definition) is 0. The van der Waals surface area contributed by atoms with Crippen molar-refractivity contribution in [2.24, 2.45) is 0 Å². The van der Waals surface area contributed by atoms with Crippen LogP contribution < -0.4 is 0 Å². The molecule has 0 amide bonds. The molecule has 0 aliphatic heterocycles. The second-order valence-electron chi connectivity index (χ2n) is 4.89. The van der Waals surface area contributed by atoms with Gasteiger partial charge in [-0.3, -0.25) is 0 Å². The summed E-state index contributed by atoms with van der Waals surface area (Å²) in [6, 6.07) is 19.0. The van der Waals surface area contributed by atoms with Crippen LogP contribution >= 0.6 is 0 Å². The van der Waals surface area contributed by atoms with E-state index in [1.165, 1.54) is 11.1 Å². The Bertz CT molecular complexity index is 668. The summed E-state index contributed by atoms with van der Waals surface area (Å²) in [7, 11) is 0. The predicted molar refractivity (Wildman–Crippen MR) is 79.2 cm³/mol. The van der Waals surface area contributed by atoms with Crippen molar-refractivity contribution in [2.45, 2.75) is 26.3 Å². The van der Waals surface area contributed by atoms with Crippen LogP contribution in [0, 0.1) is 6.92 Å². The van der Waals surface area contributed by atoms with Crippen LogP contribution in [0.5, 0.6) is 0 Å². The fourth-order valence-electron chi connectivity index (χ4n) is 2.56. The molecule has 1 heterocycles. The van der Waals surface area contributed by atoms with Crippen LogP contribution in [0.15, 0.2) is 54.6 Å². The van der Waals surface area contributed by atoms with Crippen LogP contribution in [-0.2, 0) is 13.0 Å². The predicted octanol–water partition coefficient (Wildman–Crippen LogP) is 3.98. The third-order valence-corrected chi connectivity index (χ3v) is 3.54. The van der Waals surface area contributed by atoms with E-state index in [1.807, 2.05) is 6.07 Å². The number of hydrogen-bond acceptors (Lipinski definition) is 1. The van der Waals surface area contributed by atoms with Gasteiger partial charge in [-0.15, -0.1) is 0 Å². The van der Waals surface area contributed by atoms with Gasteiger partial charge < -0.3 is 4.57 Å². The number of rotatable bonds is 4. The zero-order valence-electron chi connectivity index (χ0n) is 11.2. The van der Waals surface area contributed by atoms with Crippen molar-refractivity contribution in [3.63, 3.8) is 0 Å².